The molecular weight excluding hydrogens is 723 g/mol. The SMILES string of the molecule is c1ccc2c(c1)-c1ccccc1C21c2ccccc2-c2c(N(c3ccc(-c4ccc5ccccc5c4)cc3)c3ccc4c5ccccc5c5ccccc5c4c3)cccc21. The monoisotopic (exact) mass is 759 g/mol. The molecule has 2 aliphatic rings. The van der Waals surface area contributed by atoms with Crippen LogP contribution in [0.1, 0.15) is 22.3 Å². The molecule has 0 amide bonds. The molecule has 1 heteroatoms. The third-order valence-electron chi connectivity index (χ3n) is 13.4. The maximum Gasteiger partial charge on any atom is 0.0726 e. The molecule has 0 unspecified atom stereocenters. The van der Waals surface area contributed by atoms with Crippen molar-refractivity contribution in [3.8, 4) is 33.4 Å². The second kappa shape index (κ2) is 12.6. The molecule has 11 aromatic carbocycles. The van der Waals surface area contributed by atoms with Crippen molar-refractivity contribution in [1.29, 1.82) is 0 Å². The van der Waals surface area contributed by atoms with Gasteiger partial charge in [0.25, 0.3) is 0 Å². The van der Waals surface area contributed by atoms with E-state index in [1.54, 1.807) is 0 Å². The Bertz CT molecular complexity index is 3480. The highest BCUT2D eigenvalue weighted by Crippen LogP contribution is 2.64. The Labute approximate surface area is 349 Å². The molecule has 0 radical (unpaired) electrons. The zero-order chi connectivity index (χ0) is 39.4. The standard InChI is InChI=1S/C59H37N/c1-2-15-40-36-41(29-28-38(40)14-1)39-30-32-42(33-31-39)60(43-34-35-48-46-18-4-3-16-44(46)45-17-5-6-19-47(45)52(48)37-43)57-27-13-26-56-58(57)51-22-9-12-25-55(51)59(56)53-23-10-7-20-49(53)50-21-8-11-24-54(50)59/h1-37H. The minimum Gasteiger partial charge on any atom is -0.310 e. The minimum absolute atomic E-state index is 0.431. The molecule has 2 aliphatic carbocycles. The molecule has 0 bridgehead atoms. The fraction of sp³-hybridized carbons (Fsp3) is 0.0169. The Hall–Kier alpha value is -7.74. The molecule has 0 saturated heterocycles. The molecule has 0 aliphatic heterocycles. The summed E-state index contributed by atoms with van der Waals surface area (Å²) in [7, 11) is 0. The first kappa shape index (κ1) is 33.3. The van der Waals surface area contributed by atoms with Gasteiger partial charge in [-0.2, -0.15) is 0 Å². The summed E-state index contributed by atoms with van der Waals surface area (Å²) in [5.74, 6) is 0. The fourth-order valence-corrected chi connectivity index (χ4v) is 10.9. The van der Waals surface area contributed by atoms with Gasteiger partial charge in [0.2, 0.25) is 0 Å². The number of anilines is 3. The lowest BCUT2D eigenvalue weighted by molar-refractivity contribution is 0.794. The van der Waals surface area contributed by atoms with Gasteiger partial charge < -0.3 is 4.90 Å². The van der Waals surface area contributed by atoms with E-state index in [0.29, 0.717) is 0 Å². The van der Waals surface area contributed by atoms with Crippen molar-refractivity contribution >= 4 is 60.2 Å². The first-order valence-electron chi connectivity index (χ1n) is 20.9. The van der Waals surface area contributed by atoms with Gasteiger partial charge in [-0.3, -0.25) is 0 Å². The highest BCUT2D eigenvalue weighted by molar-refractivity contribution is 6.26. The van der Waals surface area contributed by atoms with E-state index in [-0.39, 0.29) is 0 Å². The summed E-state index contributed by atoms with van der Waals surface area (Å²) < 4.78 is 0. The van der Waals surface area contributed by atoms with E-state index in [9.17, 15) is 0 Å². The molecular formula is C59H37N. The molecule has 0 atom stereocenters. The molecule has 0 heterocycles. The second-order valence-electron chi connectivity index (χ2n) is 16.4. The number of rotatable bonds is 4. The van der Waals surface area contributed by atoms with Crippen LogP contribution < -0.4 is 4.90 Å². The average molecular weight is 760 g/mol. The van der Waals surface area contributed by atoms with E-state index in [1.165, 1.54) is 104 Å². The van der Waals surface area contributed by atoms with Crippen molar-refractivity contribution in [3.63, 3.8) is 0 Å². The van der Waals surface area contributed by atoms with Crippen molar-refractivity contribution in [3.05, 3.63) is 247 Å². The normalized spacial score (nSPS) is 13.1. The molecule has 60 heavy (non-hydrogen) atoms. The number of hydrogen-bond acceptors (Lipinski definition) is 1. The molecule has 278 valence electrons. The predicted molar refractivity (Wildman–Crippen MR) is 253 cm³/mol. The Morgan fingerprint density at radius 1 is 0.283 bits per heavy atom. The minimum atomic E-state index is -0.431. The summed E-state index contributed by atoms with van der Waals surface area (Å²) in [6.45, 7) is 0. The van der Waals surface area contributed by atoms with E-state index in [1.807, 2.05) is 0 Å². The van der Waals surface area contributed by atoms with Crippen LogP contribution in [0.25, 0.3) is 76.5 Å². The Balaban J connectivity index is 1.08. The lowest BCUT2D eigenvalue weighted by atomic mass is 9.70. The molecule has 0 fully saturated rings. The molecule has 1 nitrogen and oxygen atoms in total. The van der Waals surface area contributed by atoms with Crippen molar-refractivity contribution < 1.29 is 0 Å². The van der Waals surface area contributed by atoms with Gasteiger partial charge >= 0.3 is 0 Å². The van der Waals surface area contributed by atoms with Crippen LogP contribution in [-0.4, -0.2) is 0 Å². The van der Waals surface area contributed by atoms with Crippen LogP contribution in [0.15, 0.2) is 224 Å². The molecule has 0 N–H and O–H groups in total. The quantitative estimate of drug-likeness (QED) is 0.162. The average Bonchev–Trinajstić information content (AvgIpc) is 3.80. The first-order chi connectivity index (χ1) is 29.8. The van der Waals surface area contributed by atoms with E-state index in [2.05, 4.69) is 229 Å². The van der Waals surface area contributed by atoms with E-state index in [0.717, 1.165) is 11.4 Å². The van der Waals surface area contributed by atoms with Crippen LogP contribution >= 0.6 is 0 Å². The molecule has 0 aromatic heterocycles. The maximum absolute atomic E-state index is 2.51. The van der Waals surface area contributed by atoms with Gasteiger partial charge in [-0.1, -0.05) is 188 Å². The molecule has 1 spiro atoms. The van der Waals surface area contributed by atoms with E-state index < -0.39 is 5.41 Å². The van der Waals surface area contributed by atoms with E-state index >= 15 is 0 Å². The number of nitrogens with zero attached hydrogens (tertiary/aromatic N) is 1. The highest BCUT2D eigenvalue weighted by Gasteiger charge is 2.52. The smallest absolute Gasteiger partial charge is 0.0726 e. The van der Waals surface area contributed by atoms with Crippen LogP contribution in [-0.2, 0) is 5.41 Å². The van der Waals surface area contributed by atoms with Crippen molar-refractivity contribution in [2.24, 2.45) is 0 Å². The van der Waals surface area contributed by atoms with Crippen molar-refractivity contribution in [1.82, 2.24) is 0 Å². The Morgan fingerprint density at radius 2 is 0.767 bits per heavy atom. The van der Waals surface area contributed by atoms with Gasteiger partial charge in [-0.05, 0) is 130 Å². The van der Waals surface area contributed by atoms with E-state index in [4.69, 9.17) is 0 Å². The molecule has 13 rings (SSSR count). The number of benzene rings is 11. The largest absolute Gasteiger partial charge is 0.310 e. The molecule has 11 aromatic rings. The van der Waals surface area contributed by atoms with Gasteiger partial charge in [0.1, 0.15) is 0 Å². The maximum atomic E-state index is 2.51. The van der Waals surface area contributed by atoms with Crippen LogP contribution in [0, 0.1) is 0 Å². The summed E-state index contributed by atoms with van der Waals surface area (Å²) in [5.41, 5.74) is 16.0. The number of fused-ring (bicyclic) bond motifs is 17. The molecule has 0 saturated carbocycles. The number of hydrogen-bond donors (Lipinski definition) is 0. The summed E-state index contributed by atoms with van der Waals surface area (Å²) in [6.07, 6.45) is 0. The summed E-state index contributed by atoms with van der Waals surface area (Å²) in [5, 5.41) is 10.1. The Kier molecular flexibility index (Phi) is 7.00. The van der Waals surface area contributed by atoms with Crippen LogP contribution in [0.5, 0.6) is 0 Å². The zero-order valence-corrected chi connectivity index (χ0v) is 32.8. The topological polar surface area (TPSA) is 3.24 Å². The van der Waals surface area contributed by atoms with Crippen LogP contribution in [0.4, 0.5) is 17.1 Å². The second-order valence-corrected chi connectivity index (χ2v) is 16.4. The highest BCUT2D eigenvalue weighted by atomic mass is 15.1. The van der Waals surface area contributed by atoms with Crippen molar-refractivity contribution in [2.75, 3.05) is 4.90 Å². The van der Waals surface area contributed by atoms with Crippen LogP contribution in [0.2, 0.25) is 0 Å². The van der Waals surface area contributed by atoms with Crippen molar-refractivity contribution in [2.45, 2.75) is 5.41 Å². The Morgan fingerprint density at radius 3 is 1.43 bits per heavy atom. The van der Waals surface area contributed by atoms with Crippen LogP contribution in [0.3, 0.4) is 0 Å². The fourth-order valence-electron chi connectivity index (χ4n) is 10.9. The van der Waals surface area contributed by atoms with Gasteiger partial charge in [-0.25, -0.2) is 0 Å². The first-order valence-corrected chi connectivity index (χ1v) is 20.9. The van der Waals surface area contributed by atoms with Gasteiger partial charge in [0, 0.05) is 16.9 Å². The summed E-state index contributed by atoms with van der Waals surface area (Å²) in [6, 6.07) is 83.7. The van der Waals surface area contributed by atoms with Gasteiger partial charge in [-0.15, -0.1) is 0 Å². The zero-order valence-electron chi connectivity index (χ0n) is 32.8. The third-order valence-corrected chi connectivity index (χ3v) is 13.4. The third kappa shape index (κ3) is 4.52. The summed E-state index contributed by atoms with van der Waals surface area (Å²) >= 11 is 0. The van der Waals surface area contributed by atoms with Gasteiger partial charge in [0.05, 0.1) is 11.1 Å². The van der Waals surface area contributed by atoms with Gasteiger partial charge in [0.15, 0.2) is 0 Å². The lowest BCUT2D eigenvalue weighted by Gasteiger charge is -2.32. The summed E-state index contributed by atoms with van der Waals surface area (Å²) in [4.78, 5) is 2.51. The lowest BCUT2D eigenvalue weighted by Crippen LogP contribution is -2.26. The predicted octanol–water partition coefficient (Wildman–Crippen LogP) is 15.8.